The van der Waals surface area contributed by atoms with Gasteiger partial charge in [0.15, 0.2) is 8.32 Å². The summed E-state index contributed by atoms with van der Waals surface area (Å²) in [4.78, 5) is 13.3. The Morgan fingerprint density at radius 1 is 1.00 bits per heavy atom. The van der Waals surface area contributed by atoms with Gasteiger partial charge in [0.1, 0.15) is 5.60 Å². The lowest BCUT2D eigenvalue weighted by molar-refractivity contribution is -0.158. The standard InChI is InChI=1S/C33H55NO5Si2/c1-23(2)30(31(36)38-32(3,4)5)40(9,10)39-34-21-15-18-28(34)29(35)27-20-19-24(25-16-13-14-17-26(25)27)22-37-41(11,12)33(6,7)8/h13-14,16-17,19-20,23,28-30,35H,15,18,21-22H2,1-12H3/t28-,29?,30?/m0/s1. The van der Waals surface area contributed by atoms with Crippen LogP contribution >= 0.6 is 0 Å². The van der Waals surface area contributed by atoms with Crippen molar-refractivity contribution >= 4 is 33.4 Å². The lowest BCUT2D eigenvalue weighted by atomic mass is 9.93. The molecule has 0 aliphatic carbocycles. The van der Waals surface area contributed by atoms with E-state index in [1.54, 1.807) is 0 Å². The number of benzene rings is 2. The van der Waals surface area contributed by atoms with Crippen molar-refractivity contribution in [2.24, 2.45) is 5.92 Å². The number of aliphatic hydroxyl groups excluding tert-OH is 1. The average Bonchev–Trinajstić information content (AvgIpc) is 3.26. The largest absolute Gasteiger partial charge is 0.460 e. The number of hydrogen-bond donors (Lipinski definition) is 1. The second kappa shape index (κ2) is 12.6. The first-order chi connectivity index (χ1) is 18.7. The molecule has 1 heterocycles. The maximum Gasteiger partial charge on any atom is 0.309 e. The molecule has 41 heavy (non-hydrogen) atoms. The fourth-order valence-electron chi connectivity index (χ4n) is 5.73. The van der Waals surface area contributed by atoms with Crippen LogP contribution < -0.4 is 0 Å². The molecule has 1 fully saturated rings. The summed E-state index contributed by atoms with van der Waals surface area (Å²) in [7, 11) is -4.50. The second-order valence-electron chi connectivity index (χ2n) is 15.2. The van der Waals surface area contributed by atoms with E-state index in [2.05, 4.69) is 91.1 Å². The zero-order valence-corrected chi connectivity index (χ0v) is 29.6. The second-order valence-corrected chi connectivity index (χ2v) is 24.0. The van der Waals surface area contributed by atoms with Gasteiger partial charge in [-0.25, -0.2) is 0 Å². The first-order valence-electron chi connectivity index (χ1n) is 15.3. The summed E-state index contributed by atoms with van der Waals surface area (Å²) in [5.74, 6) is -0.107. The van der Waals surface area contributed by atoms with E-state index in [4.69, 9.17) is 13.7 Å². The molecular formula is C33H55NO5Si2. The van der Waals surface area contributed by atoms with Gasteiger partial charge in [-0.1, -0.05) is 71.0 Å². The predicted octanol–water partition coefficient (Wildman–Crippen LogP) is 8.36. The molecule has 230 valence electrons. The number of carbonyl (C=O) groups is 1. The van der Waals surface area contributed by atoms with Crippen molar-refractivity contribution in [3.63, 3.8) is 0 Å². The van der Waals surface area contributed by atoms with Crippen molar-refractivity contribution in [1.82, 2.24) is 5.06 Å². The Balaban J connectivity index is 1.86. The van der Waals surface area contributed by atoms with Crippen LogP contribution in [0.2, 0.25) is 36.8 Å². The van der Waals surface area contributed by atoms with Crippen LogP contribution in [-0.2, 0) is 25.1 Å². The van der Waals surface area contributed by atoms with E-state index in [0.29, 0.717) is 6.61 Å². The van der Waals surface area contributed by atoms with Crippen LogP contribution in [0.15, 0.2) is 36.4 Å². The van der Waals surface area contributed by atoms with Gasteiger partial charge in [-0.15, -0.1) is 0 Å². The minimum Gasteiger partial charge on any atom is -0.460 e. The van der Waals surface area contributed by atoms with Crippen molar-refractivity contribution < 1.29 is 23.6 Å². The molecular weight excluding hydrogens is 547 g/mol. The van der Waals surface area contributed by atoms with Gasteiger partial charge in [-0.3, -0.25) is 4.79 Å². The topological polar surface area (TPSA) is 68.2 Å². The molecule has 0 saturated carbocycles. The summed E-state index contributed by atoms with van der Waals surface area (Å²) in [5, 5.41) is 16.1. The van der Waals surface area contributed by atoms with Crippen molar-refractivity contribution in [3.05, 3.63) is 47.5 Å². The number of carbonyl (C=O) groups excluding carboxylic acids is 1. The molecule has 3 atom stereocenters. The van der Waals surface area contributed by atoms with Crippen LogP contribution in [0.4, 0.5) is 0 Å². The van der Waals surface area contributed by atoms with E-state index in [1.165, 1.54) is 0 Å². The molecule has 1 N–H and O–H groups in total. The zero-order valence-electron chi connectivity index (χ0n) is 27.6. The number of esters is 1. The third-order valence-electron chi connectivity index (χ3n) is 8.80. The highest BCUT2D eigenvalue weighted by atomic mass is 28.4. The van der Waals surface area contributed by atoms with Gasteiger partial charge >= 0.3 is 5.97 Å². The van der Waals surface area contributed by atoms with Crippen LogP contribution in [0, 0.1) is 5.92 Å². The number of rotatable bonds is 10. The SMILES string of the molecule is CC(C)C(C(=O)OC(C)(C)C)[Si](C)(C)ON1CCC[C@H]1C(O)c1ccc(CO[Si](C)(C)C(C)(C)C)c2ccccc12. The zero-order chi connectivity index (χ0) is 31.0. The van der Waals surface area contributed by atoms with Gasteiger partial charge in [0, 0.05) is 6.54 Å². The molecule has 1 saturated heterocycles. The normalized spacial score (nSPS) is 19.1. The minimum atomic E-state index is -2.59. The highest BCUT2D eigenvalue weighted by Crippen LogP contribution is 2.40. The fourth-order valence-corrected chi connectivity index (χ4v) is 9.85. The van der Waals surface area contributed by atoms with Crippen molar-refractivity contribution in [3.8, 4) is 0 Å². The smallest absolute Gasteiger partial charge is 0.309 e. The number of hydroxylamine groups is 2. The van der Waals surface area contributed by atoms with E-state index in [1.807, 2.05) is 31.9 Å². The molecule has 2 aromatic rings. The first kappa shape index (κ1) is 33.9. The Bertz CT molecular complexity index is 1200. The Hall–Kier alpha value is -1.56. The van der Waals surface area contributed by atoms with Crippen molar-refractivity contribution in [2.75, 3.05) is 6.54 Å². The quantitative estimate of drug-likeness (QED) is 0.218. The monoisotopic (exact) mass is 601 g/mol. The van der Waals surface area contributed by atoms with E-state index in [-0.39, 0.29) is 28.5 Å². The van der Waals surface area contributed by atoms with E-state index < -0.39 is 28.3 Å². The summed E-state index contributed by atoms with van der Waals surface area (Å²) in [6, 6.07) is 12.3. The Kier molecular flexibility index (Phi) is 10.4. The predicted molar refractivity (Wildman–Crippen MR) is 174 cm³/mol. The number of nitrogens with zero attached hydrogens (tertiary/aromatic N) is 1. The maximum atomic E-state index is 13.3. The van der Waals surface area contributed by atoms with E-state index in [0.717, 1.165) is 41.3 Å². The van der Waals surface area contributed by atoms with Crippen molar-refractivity contribution in [2.45, 2.75) is 129 Å². The van der Waals surface area contributed by atoms with Crippen molar-refractivity contribution in [1.29, 1.82) is 0 Å². The van der Waals surface area contributed by atoms with Crippen LogP contribution in [0.3, 0.4) is 0 Å². The summed E-state index contributed by atoms with van der Waals surface area (Å²) < 4.78 is 19.1. The Morgan fingerprint density at radius 2 is 1.61 bits per heavy atom. The molecule has 0 spiro atoms. The fraction of sp³-hybridized carbons (Fsp3) is 0.667. The number of fused-ring (bicyclic) bond motifs is 1. The number of hydrogen-bond acceptors (Lipinski definition) is 6. The molecule has 6 nitrogen and oxygen atoms in total. The third-order valence-corrected chi connectivity index (χ3v) is 16.4. The highest BCUT2D eigenvalue weighted by molar-refractivity contribution is 6.75. The molecule has 0 aromatic heterocycles. The Morgan fingerprint density at radius 3 is 2.17 bits per heavy atom. The lowest BCUT2D eigenvalue weighted by Gasteiger charge is -2.40. The van der Waals surface area contributed by atoms with Gasteiger partial charge in [-0.05, 0) is 92.7 Å². The average molecular weight is 602 g/mol. The minimum absolute atomic E-state index is 0.0857. The van der Waals surface area contributed by atoms with Gasteiger partial charge < -0.3 is 18.8 Å². The molecule has 0 amide bonds. The van der Waals surface area contributed by atoms with Gasteiger partial charge in [0.05, 0.1) is 24.3 Å². The summed E-state index contributed by atoms with van der Waals surface area (Å²) in [6.07, 6.45) is 1.04. The third kappa shape index (κ3) is 8.09. The molecule has 1 aliphatic rings. The number of ether oxygens (including phenoxy) is 1. The van der Waals surface area contributed by atoms with Crippen LogP contribution in [0.5, 0.6) is 0 Å². The molecule has 0 radical (unpaired) electrons. The van der Waals surface area contributed by atoms with Crippen LogP contribution in [0.1, 0.15) is 85.5 Å². The van der Waals surface area contributed by atoms with Gasteiger partial charge in [0.2, 0.25) is 8.32 Å². The van der Waals surface area contributed by atoms with Crippen LogP contribution in [0.25, 0.3) is 10.8 Å². The van der Waals surface area contributed by atoms with Crippen LogP contribution in [-0.4, -0.2) is 51.0 Å². The van der Waals surface area contributed by atoms with Gasteiger partial charge in [-0.2, -0.15) is 5.06 Å². The van der Waals surface area contributed by atoms with Gasteiger partial charge in [0.25, 0.3) is 0 Å². The summed E-state index contributed by atoms with van der Waals surface area (Å²) in [6.45, 7) is 26.6. The number of aliphatic hydroxyl groups is 1. The molecule has 2 aromatic carbocycles. The maximum absolute atomic E-state index is 13.3. The molecule has 2 unspecified atom stereocenters. The molecule has 1 aliphatic heterocycles. The van der Waals surface area contributed by atoms with E-state index >= 15 is 0 Å². The summed E-state index contributed by atoms with van der Waals surface area (Å²) >= 11 is 0. The highest BCUT2D eigenvalue weighted by Gasteiger charge is 2.47. The molecule has 8 heteroatoms. The molecule has 3 rings (SSSR count). The Labute approximate surface area is 251 Å². The first-order valence-corrected chi connectivity index (χ1v) is 21.2. The van der Waals surface area contributed by atoms with E-state index in [9.17, 15) is 9.90 Å². The summed E-state index contributed by atoms with van der Waals surface area (Å²) in [5.41, 5.74) is 1.18. The lowest BCUT2D eigenvalue weighted by Crippen LogP contribution is -2.51. The molecule has 0 bridgehead atoms.